The summed E-state index contributed by atoms with van der Waals surface area (Å²) in [5.41, 5.74) is 0. The van der Waals surface area contributed by atoms with Gasteiger partial charge in [-0.1, -0.05) is 0 Å². The van der Waals surface area contributed by atoms with Gasteiger partial charge in [0.15, 0.2) is 0 Å². The van der Waals surface area contributed by atoms with Crippen LogP contribution in [0.25, 0.3) is 0 Å². The van der Waals surface area contributed by atoms with Crippen molar-refractivity contribution in [2.75, 3.05) is 0 Å². The predicted octanol–water partition coefficient (Wildman–Crippen LogP) is -1.80. The third kappa shape index (κ3) is 2.06. The summed E-state index contributed by atoms with van der Waals surface area (Å²) in [6, 6.07) is 9.26. The van der Waals surface area contributed by atoms with Gasteiger partial charge in [0.05, 0.1) is 0 Å². The minimum atomic E-state index is 0. The minimum absolute atomic E-state index is 0. The first-order chi connectivity index (χ1) is 3.39. The molecule has 1 N–H and O–H groups in total. The van der Waals surface area contributed by atoms with Gasteiger partial charge < -0.3 is 5.11 Å². The SMILES string of the molecule is Oc1cc[c-]cc1.[Li+]. The topological polar surface area (TPSA) is 20.2 Å². The number of phenolic OH excluding ortho intramolecular Hbond substituents is 1. The maximum Gasteiger partial charge on any atom is 1.00 e. The molecular weight excluding hydrogens is 95.0 g/mol. The van der Waals surface area contributed by atoms with E-state index in [9.17, 15) is 0 Å². The summed E-state index contributed by atoms with van der Waals surface area (Å²) in [5, 5.41) is 8.61. The molecule has 0 saturated carbocycles. The smallest absolute Gasteiger partial charge is 0.533 e. The van der Waals surface area contributed by atoms with Crippen LogP contribution in [0.4, 0.5) is 0 Å². The van der Waals surface area contributed by atoms with Gasteiger partial charge in [0, 0.05) is 5.75 Å². The Bertz CT molecular complexity index is 138. The van der Waals surface area contributed by atoms with Gasteiger partial charge in [-0.3, -0.25) is 0 Å². The van der Waals surface area contributed by atoms with E-state index in [1.807, 2.05) is 0 Å². The number of rotatable bonds is 0. The second-order valence-corrected chi connectivity index (χ2v) is 1.26. The maximum atomic E-state index is 8.61. The Balaban J connectivity index is 0.000000490. The average molecular weight is 100 g/mol. The monoisotopic (exact) mass is 100 g/mol. The molecule has 1 nitrogen and oxygen atoms in total. The molecule has 0 aliphatic rings. The van der Waals surface area contributed by atoms with E-state index in [1.54, 1.807) is 24.3 Å². The van der Waals surface area contributed by atoms with Crippen LogP contribution in [0.1, 0.15) is 0 Å². The van der Waals surface area contributed by atoms with E-state index in [4.69, 9.17) is 5.11 Å². The minimum Gasteiger partial charge on any atom is -0.533 e. The Morgan fingerprint density at radius 3 is 2.00 bits per heavy atom. The molecule has 0 atom stereocenters. The quantitative estimate of drug-likeness (QED) is 0.301. The summed E-state index contributed by atoms with van der Waals surface area (Å²) in [5.74, 6) is 0.291. The predicted molar refractivity (Wildman–Crippen MR) is 26.9 cm³/mol. The van der Waals surface area contributed by atoms with Gasteiger partial charge in [-0.05, 0) is 0 Å². The van der Waals surface area contributed by atoms with E-state index in [2.05, 4.69) is 6.07 Å². The first-order valence-electron chi connectivity index (χ1n) is 2.04. The third-order valence-corrected chi connectivity index (χ3v) is 0.701. The zero-order valence-corrected chi connectivity index (χ0v) is 4.76. The average Bonchev–Trinajstić information content (AvgIpc) is 1.69. The van der Waals surface area contributed by atoms with E-state index in [0.717, 1.165) is 0 Å². The number of phenols is 1. The Labute approximate surface area is 60.5 Å². The first-order valence-corrected chi connectivity index (χ1v) is 2.04. The second-order valence-electron chi connectivity index (χ2n) is 1.26. The summed E-state index contributed by atoms with van der Waals surface area (Å²) in [6.45, 7) is 0. The van der Waals surface area contributed by atoms with Gasteiger partial charge in [-0.25, -0.2) is 0 Å². The number of aromatic hydroxyl groups is 1. The molecule has 0 aromatic heterocycles. The van der Waals surface area contributed by atoms with Crippen molar-refractivity contribution in [1.82, 2.24) is 0 Å². The van der Waals surface area contributed by atoms with Crippen LogP contribution in [-0.4, -0.2) is 5.11 Å². The molecule has 36 valence electrons. The molecule has 1 rings (SSSR count). The molecule has 0 bridgehead atoms. The third-order valence-electron chi connectivity index (χ3n) is 0.701. The van der Waals surface area contributed by atoms with Crippen LogP contribution in [0.2, 0.25) is 0 Å². The molecule has 0 unspecified atom stereocenters. The molecule has 0 amide bonds. The van der Waals surface area contributed by atoms with Crippen molar-refractivity contribution in [3.63, 3.8) is 0 Å². The molecule has 0 spiro atoms. The summed E-state index contributed by atoms with van der Waals surface area (Å²) >= 11 is 0. The number of benzene rings is 1. The van der Waals surface area contributed by atoms with E-state index in [1.165, 1.54) is 0 Å². The van der Waals surface area contributed by atoms with Gasteiger partial charge >= 0.3 is 18.9 Å². The molecule has 0 aliphatic heterocycles. The van der Waals surface area contributed by atoms with Crippen LogP contribution in [-0.2, 0) is 0 Å². The molecule has 2 heteroatoms. The second kappa shape index (κ2) is 3.60. The van der Waals surface area contributed by atoms with Crippen molar-refractivity contribution in [1.29, 1.82) is 0 Å². The van der Waals surface area contributed by atoms with Crippen molar-refractivity contribution in [2.24, 2.45) is 0 Å². The fraction of sp³-hybridized carbons (Fsp3) is 0. The van der Waals surface area contributed by atoms with Crippen molar-refractivity contribution < 1.29 is 24.0 Å². The van der Waals surface area contributed by atoms with Crippen LogP contribution in [0.15, 0.2) is 24.3 Å². The van der Waals surface area contributed by atoms with E-state index >= 15 is 0 Å². The fourth-order valence-corrected chi connectivity index (χ4v) is 0.378. The van der Waals surface area contributed by atoms with Gasteiger partial charge in [0.25, 0.3) is 0 Å². The van der Waals surface area contributed by atoms with E-state index in [0.29, 0.717) is 5.75 Å². The van der Waals surface area contributed by atoms with Gasteiger partial charge in [0.1, 0.15) is 0 Å². The van der Waals surface area contributed by atoms with Gasteiger partial charge in [-0.2, -0.15) is 18.2 Å². The largest absolute Gasteiger partial charge is 1.00 e. The standard InChI is InChI=1S/C6H5O.Li/c7-6-4-2-1-3-5-6;/h2-5,7H;/q-1;+1. The molecule has 1 aromatic rings. The Hall–Kier alpha value is -0.383. The molecule has 0 saturated heterocycles. The Morgan fingerprint density at radius 2 is 1.75 bits per heavy atom. The van der Waals surface area contributed by atoms with Crippen molar-refractivity contribution >= 4 is 0 Å². The van der Waals surface area contributed by atoms with E-state index in [-0.39, 0.29) is 18.9 Å². The number of hydrogen-bond acceptors (Lipinski definition) is 1. The normalized spacial score (nSPS) is 7.50. The molecular formula is C6H5LiO. The van der Waals surface area contributed by atoms with Crippen LogP contribution in [0, 0.1) is 6.07 Å². The fourth-order valence-electron chi connectivity index (χ4n) is 0.378. The summed E-state index contributed by atoms with van der Waals surface area (Å²) in [4.78, 5) is 0. The first kappa shape index (κ1) is 7.62. The summed E-state index contributed by atoms with van der Waals surface area (Å²) < 4.78 is 0. The molecule has 0 aliphatic carbocycles. The van der Waals surface area contributed by atoms with Crippen molar-refractivity contribution in [2.45, 2.75) is 0 Å². The van der Waals surface area contributed by atoms with Crippen molar-refractivity contribution in [3.8, 4) is 5.75 Å². The maximum absolute atomic E-state index is 8.61. The number of hydrogen-bond donors (Lipinski definition) is 1. The Morgan fingerprint density at radius 1 is 1.25 bits per heavy atom. The van der Waals surface area contributed by atoms with Crippen LogP contribution in [0.5, 0.6) is 5.75 Å². The van der Waals surface area contributed by atoms with Gasteiger partial charge in [0.2, 0.25) is 0 Å². The van der Waals surface area contributed by atoms with Crippen LogP contribution < -0.4 is 18.9 Å². The molecule has 8 heavy (non-hydrogen) atoms. The summed E-state index contributed by atoms with van der Waals surface area (Å²) in [7, 11) is 0. The van der Waals surface area contributed by atoms with Crippen LogP contribution in [0.3, 0.4) is 0 Å². The molecule has 0 radical (unpaired) electrons. The zero-order valence-electron chi connectivity index (χ0n) is 4.76. The molecule has 1 aromatic carbocycles. The molecule has 0 heterocycles. The van der Waals surface area contributed by atoms with Crippen LogP contribution >= 0.6 is 0 Å². The van der Waals surface area contributed by atoms with Crippen molar-refractivity contribution in [3.05, 3.63) is 30.3 Å². The Kier molecular flexibility index (Phi) is 3.43. The molecule has 0 fully saturated rings. The zero-order chi connectivity index (χ0) is 5.11. The summed E-state index contributed by atoms with van der Waals surface area (Å²) in [6.07, 6.45) is 0. The van der Waals surface area contributed by atoms with Gasteiger partial charge in [-0.15, -0.1) is 12.1 Å². The van der Waals surface area contributed by atoms with E-state index < -0.39 is 0 Å².